The summed E-state index contributed by atoms with van der Waals surface area (Å²) in [7, 11) is 3.99. The smallest absolute Gasteiger partial charge is 0.332 e. The fourth-order valence-corrected chi connectivity index (χ4v) is 3.61. The predicted octanol–water partition coefficient (Wildman–Crippen LogP) is 1.28. The minimum atomic E-state index is -2.98. The van der Waals surface area contributed by atoms with E-state index in [1.807, 2.05) is 0 Å². The predicted molar refractivity (Wildman–Crippen MR) is 73.4 cm³/mol. The van der Waals surface area contributed by atoms with E-state index in [1.54, 1.807) is 37.5 Å². The van der Waals surface area contributed by atoms with Gasteiger partial charge in [0.25, 0.3) is 0 Å². The lowest BCUT2D eigenvalue weighted by molar-refractivity contribution is 0.431. The van der Waals surface area contributed by atoms with Gasteiger partial charge in [-0.25, -0.2) is 9.34 Å². The molecule has 0 bridgehead atoms. The lowest BCUT2D eigenvalue weighted by Crippen LogP contribution is -2.27. The zero-order chi connectivity index (χ0) is 13.9. The summed E-state index contributed by atoms with van der Waals surface area (Å²) in [6, 6.07) is 0. The van der Waals surface area contributed by atoms with Crippen molar-refractivity contribution in [3.8, 4) is 0 Å². The summed E-state index contributed by atoms with van der Waals surface area (Å²) in [4.78, 5) is 4.18. The Morgan fingerprint density at radius 2 is 1.83 bits per heavy atom. The molecule has 0 aliphatic carbocycles. The van der Waals surface area contributed by atoms with Crippen LogP contribution in [0, 0.1) is 0 Å². The van der Waals surface area contributed by atoms with Crippen LogP contribution in [0.5, 0.6) is 0 Å². The van der Waals surface area contributed by atoms with Crippen molar-refractivity contribution in [2.24, 2.45) is 0 Å². The second kappa shape index (κ2) is 5.82. The molecule has 1 aromatic rings. The van der Waals surface area contributed by atoms with Crippen LogP contribution in [0.1, 0.15) is 25.6 Å². The van der Waals surface area contributed by atoms with Gasteiger partial charge in [0, 0.05) is 6.42 Å². The van der Waals surface area contributed by atoms with Crippen molar-refractivity contribution in [1.82, 2.24) is 23.9 Å². The molecule has 0 aliphatic heterocycles. The number of hydrogen-bond acceptors (Lipinski definition) is 4. The molecule has 0 aliphatic rings. The summed E-state index contributed by atoms with van der Waals surface area (Å²) in [5.41, 5.74) is 5.84. The van der Waals surface area contributed by atoms with Crippen molar-refractivity contribution in [3.05, 3.63) is 5.82 Å². The molecular weight excluding hydrogens is 251 g/mol. The molecule has 0 fully saturated rings. The van der Waals surface area contributed by atoms with E-state index in [0.29, 0.717) is 5.82 Å². The van der Waals surface area contributed by atoms with Crippen LogP contribution in [0.2, 0.25) is 0 Å². The quantitative estimate of drug-likeness (QED) is 0.787. The molecule has 1 rings (SSSR count). The highest BCUT2D eigenvalue weighted by atomic mass is 31.2. The number of anilines is 1. The molecule has 1 heterocycles. The van der Waals surface area contributed by atoms with Crippen molar-refractivity contribution in [2.75, 3.05) is 33.9 Å². The zero-order valence-corrected chi connectivity index (χ0v) is 12.7. The number of aryl methyl sites for hydroxylation is 1. The maximum atomic E-state index is 13.0. The van der Waals surface area contributed by atoms with Crippen LogP contribution < -0.4 is 5.73 Å². The van der Waals surface area contributed by atoms with E-state index >= 15 is 0 Å². The second-order valence-electron chi connectivity index (χ2n) is 4.59. The second-order valence-corrected chi connectivity index (χ2v) is 7.59. The summed E-state index contributed by atoms with van der Waals surface area (Å²) in [5, 5.41) is 4.30. The zero-order valence-electron chi connectivity index (χ0n) is 11.8. The van der Waals surface area contributed by atoms with E-state index in [0.717, 1.165) is 19.3 Å². The summed E-state index contributed by atoms with van der Waals surface area (Å²) < 4.78 is 17.6. The number of nitrogens with two attached hydrogens (primary N) is 1. The molecular formula is C10H23N6OP. The van der Waals surface area contributed by atoms with E-state index in [4.69, 9.17) is 5.73 Å². The molecule has 0 aromatic carbocycles. The Labute approximate surface area is 108 Å². The number of aromatic nitrogens is 3. The monoisotopic (exact) mass is 274 g/mol. The van der Waals surface area contributed by atoms with Crippen molar-refractivity contribution >= 4 is 13.5 Å². The fraction of sp³-hybridized carbons (Fsp3) is 0.800. The number of nitrogens with zero attached hydrogens (tertiary/aromatic N) is 5. The van der Waals surface area contributed by atoms with Gasteiger partial charge in [-0.3, -0.25) is 4.57 Å². The van der Waals surface area contributed by atoms with Gasteiger partial charge in [-0.1, -0.05) is 13.3 Å². The summed E-state index contributed by atoms with van der Waals surface area (Å²) in [5.74, 6) is 0.852. The van der Waals surface area contributed by atoms with E-state index in [-0.39, 0.29) is 5.95 Å². The molecule has 0 spiro atoms. The van der Waals surface area contributed by atoms with Crippen LogP contribution in [0.25, 0.3) is 0 Å². The molecule has 1 aromatic heterocycles. The van der Waals surface area contributed by atoms with Crippen molar-refractivity contribution in [1.29, 1.82) is 0 Å². The number of rotatable bonds is 6. The summed E-state index contributed by atoms with van der Waals surface area (Å²) in [6.07, 6.45) is 2.82. The van der Waals surface area contributed by atoms with Crippen LogP contribution in [0.15, 0.2) is 0 Å². The first-order valence-corrected chi connectivity index (χ1v) is 7.58. The number of unbranched alkanes of at least 4 members (excludes halogenated alkanes) is 1. The Kier molecular flexibility index (Phi) is 4.90. The van der Waals surface area contributed by atoms with Gasteiger partial charge in [-0.15, -0.1) is 5.10 Å². The molecule has 2 N–H and O–H groups in total. The Morgan fingerprint density at radius 1 is 1.28 bits per heavy atom. The minimum Gasteiger partial charge on any atom is -0.368 e. The third-order valence-electron chi connectivity index (χ3n) is 2.70. The van der Waals surface area contributed by atoms with Crippen LogP contribution in [0.3, 0.4) is 0 Å². The Morgan fingerprint density at radius 3 is 2.28 bits per heavy atom. The van der Waals surface area contributed by atoms with E-state index < -0.39 is 7.59 Å². The maximum absolute atomic E-state index is 13.0. The van der Waals surface area contributed by atoms with Crippen molar-refractivity contribution in [3.63, 3.8) is 0 Å². The highest BCUT2D eigenvalue weighted by Gasteiger charge is 2.34. The fourth-order valence-electron chi connectivity index (χ4n) is 1.69. The Bertz CT molecular complexity index is 430. The summed E-state index contributed by atoms with van der Waals surface area (Å²) in [6.45, 7) is 2.10. The third kappa shape index (κ3) is 2.74. The van der Waals surface area contributed by atoms with Gasteiger partial charge >= 0.3 is 7.59 Å². The molecule has 104 valence electrons. The van der Waals surface area contributed by atoms with Crippen LogP contribution in [0.4, 0.5) is 5.95 Å². The van der Waals surface area contributed by atoms with Gasteiger partial charge in [-0.2, -0.15) is 9.44 Å². The maximum Gasteiger partial charge on any atom is 0.332 e. The lowest BCUT2D eigenvalue weighted by Gasteiger charge is -2.29. The minimum absolute atomic E-state index is 0.201. The molecule has 8 heteroatoms. The van der Waals surface area contributed by atoms with E-state index in [1.165, 1.54) is 4.45 Å². The highest BCUT2D eigenvalue weighted by molar-refractivity contribution is 7.57. The van der Waals surface area contributed by atoms with Gasteiger partial charge < -0.3 is 5.73 Å². The lowest BCUT2D eigenvalue weighted by atomic mass is 10.2. The van der Waals surface area contributed by atoms with Crippen LogP contribution in [-0.2, 0) is 11.0 Å². The number of hydrogen-bond donors (Lipinski definition) is 1. The first-order chi connectivity index (χ1) is 8.33. The molecule has 0 saturated carbocycles. The molecule has 7 nitrogen and oxygen atoms in total. The molecule has 0 radical (unpaired) electrons. The van der Waals surface area contributed by atoms with Gasteiger partial charge in [0.15, 0.2) is 5.82 Å². The van der Waals surface area contributed by atoms with E-state index in [9.17, 15) is 4.57 Å². The average Bonchev–Trinajstić information content (AvgIpc) is 2.66. The van der Waals surface area contributed by atoms with E-state index in [2.05, 4.69) is 17.0 Å². The Hall–Kier alpha value is -0.910. The number of nitrogen functional groups attached to an aromatic ring is 1. The van der Waals surface area contributed by atoms with Gasteiger partial charge in [0.1, 0.15) is 0 Å². The average molecular weight is 274 g/mol. The van der Waals surface area contributed by atoms with Crippen LogP contribution >= 0.6 is 7.59 Å². The molecule has 0 amide bonds. The van der Waals surface area contributed by atoms with Gasteiger partial charge in [0.2, 0.25) is 5.95 Å². The largest absolute Gasteiger partial charge is 0.368 e. The highest BCUT2D eigenvalue weighted by Crippen LogP contribution is 2.51. The standard InChI is InChI=1S/C10H23N6OP/c1-6-7-8-9-12-10(11)16(13-9)18(17,14(2)3)15(4)5/h6-8H2,1-5H3,(H2,11,12,13). The molecule has 0 atom stereocenters. The molecule has 0 saturated heterocycles. The Balaban J connectivity index is 3.14. The van der Waals surface area contributed by atoms with Gasteiger partial charge in [0.05, 0.1) is 0 Å². The van der Waals surface area contributed by atoms with Gasteiger partial charge in [-0.05, 0) is 34.6 Å². The first-order valence-electron chi connectivity index (χ1n) is 6.02. The normalized spacial score (nSPS) is 12.6. The first kappa shape index (κ1) is 15.1. The van der Waals surface area contributed by atoms with Crippen molar-refractivity contribution < 1.29 is 4.57 Å². The summed E-state index contributed by atoms with van der Waals surface area (Å²) >= 11 is 0. The topological polar surface area (TPSA) is 80.3 Å². The third-order valence-corrected chi connectivity index (χ3v) is 5.57. The SMILES string of the molecule is CCCCc1nc(N)n(P(=O)(N(C)C)N(C)C)n1. The van der Waals surface area contributed by atoms with Crippen molar-refractivity contribution in [2.45, 2.75) is 26.2 Å². The van der Waals surface area contributed by atoms with Crippen LogP contribution in [-0.4, -0.2) is 52.1 Å². The molecule has 0 unspecified atom stereocenters. The molecule has 18 heavy (non-hydrogen) atoms.